The molecule has 0 fully saturated rings. The Balaban J connectivity index is 2.17. The normalized spacial score (nSPS) is 12.2. The van der Waals surface area contributed by atoms with Crippen LogP contribution in [-0.4, -0.2) is 16.9 Å². The first-order valence-corrected chi connectivity index (χ1v) is 6.22. The van der Waals surface area contributed by atoms with Gasteiger partial charge >= 0.3 is 0 Å². The van der Waals surface area contributed by atoms with Gasteiger partial charge in [0.25, 0.3) is 0 Å². The highest BCUT2D eigenvalue weighted by molar-refractivity contribution is 5.65. The minimum absolute atomic E-state index is 0.142. The molecule has 0 radical (unpaired) electrons. The molecule has 1 heterocycles. The van der Waals surface area contributed by atoms with Gasteiger partial charge in [-0.1, -0.05) is 12.1 Å². The van der Waals surface area contributed by atoms with Crippen molar-refractivity contribution in [2.45, 2.75) is 19.9 Å². The fourth-order valence-corrected chi connectivity index (χ4v) is 2.03. The number of nitrogens with zero attached hydrogens (tertiary/aromatic N) is 2. The van der Waals surface area contributed by atoms with E-state index in [2.05, 4.69) is 17.3 Å². The van der Waals surface area contributed by atoms with Crippen LogP contribution in [0.25, 0.3) is 0 Å². The molecule has 2 rings (SSSR count). The van der Waals surface area contributed by atoms with Crippen LogP contribution >= 0.6 is 0 Å². The Morgan fingerprint density at radius 2 is 1.95 bits per heavy atom. The zero-order chi connectivity index (χ0) is 14.0. The molecule has 102 valence electrons. The lowest BCUT2D eigenvalue weighted by molar-refractivity contribution is 0.414. The van der Waals surface area contributed by atoms with Crippen LogP contribution in [0.15, 0.2) is 24.3 Å². The number of ether oxygens (including phenoxy) is 1. The molecule has 1 aromatic heterocycles. The van der Waals surface area contributed by atoms with Gasteiger partial charge in [-0.15, -0.1) is 0 Å². The molecule has 3 N–H and O–H groups in total. The highest BCUT2D eigenvalue weighted by atomic mass is 16.5. The van der Waals surface area contributed by atoms with E-state index in [-0.39, 0.29) is 6.04 Å². The predicted molar refractivity (Wildman–Crippen MR) is 77.4 cm³/mol. The molecule has 1 atom stereocenters. The van der Waals surface area contributed by atoms with Crippen molar-refractivity contribution in [3.05, 3.63) is 35.5 Å². The van der Waals surface area contributed by atoms with E-state index < -0.39 is 0 Å². The van der Waals surface area contributed by atoms with E-state index >= 15 is 0 Å². The molecule has 1 aromatic carbocycles. The topological polar surface area (TPSA) is 65.1 Å². The van der Waals surface area contributed by atoms with Gasteiger partial charge in [0.1, 0.15) is 11.6 Å². The van der Waals surface area contributed by atoms with E-state index in [1.165, 1.54) is 5.56 Å². The van der Waals surface area contributed by atoms with Crippen molar-refractivity contribution in [3.8, 4) is 5.75 Å². The van der Waals surface area contributed by atoms with E-state index in [4.69, 9.17) is 10.5 Å². The van der Waals surface area contributed by atoms with Gasteiger partial charge < -0.3 is 15.8 Å². The van der Waals surface area contributed by atoms with Crippen LogP contribution in [0.5, 0.6) is 5.75 Å². The predicted octanol–water partition coefficient (Wildman–Crippen LogP) is 2.49. The van der Waals surface area contributed by atoms with Crippen LogP contribution in [0.3, 0.4) is 0 Å². The van der Waals surface area contributed by atoms with Gasteiger partial charge in [0, 0.05) is 7.05 Å². The average Bonchev–Trinajstić information content (AvgIpc) is 2.65. The molecular weight excluding hydrogens is 240 g/mol. The average molecular weight is 260 g/mol. The number of anilines is 2. The van der Waals surface area contributed by atoms with E-state index in [1.54, 1.807) is 11.8 Å². The Morgan fingerprint density at radius 1 is 1.32 bits per heavy atom. The van der Waals surface area contributed by atoms with E-state index in [0.29, 0.717) is 5.69 Å². The molecular formula is C14H20N4O. The first-order chi connectivity index (χ1) is 9.02. The third-order valence-corrected chi connectivity index (χ3v) is 3.24. The summed E-state index contributed by atoms with van der Waals surface area (Å²) in [6.45, 7) is 3.99. The molecule has 2 aromatic rings. The van der Waals surface area contributed by atoms with Crippen molar-refractivity contribution in [1.29, 1.82) is 0 Å². The SMILES string of the molecule is COc1ccc(C(C)Nc2c(N)c(C)nn2C)cc1. The van der Waals surface area contributed by atoms with Gasteiger partial charge in [-0.3, -0.25) is 4.68 Å². The first kappa shape index (κ1) is 13.3. The van der Waals surface area contributed by atoms with Crippen LogP contribution < -0.4 is 15.8 Å². The van der Waals surface area contributed by atoms with Gasteiger partial charge in [-0.2, -0.15) is 5.10 Å². The Morgan fingerprint density at radius 3 is 2.42 bits per heavy atom. The van der Waals surface area contributed by atoms with Crippen molar-refractivity contribution in [2.75, 3.05) is 18.2 Å². The molecule has 1 unspecified atom stereocenters. The van der Waals surface area contributed by atoms with Crippen LogP contribution in [0, 0.1) is 6.92 Å². The Labute approximate surface area is 113 Å². The first-order valence-electron chi connectivity index (χ1n) is 6.22. The molecule has 0 aliphatic rings. The largest absolute Gasteiger partial charge is 0.497 e. The van der Waals surface area contributed by atoms with Gasteiger partial charge in [0.05, 0.1) is 24.5 Å². The monoisotopic (exact) mass is 260 g/mol. The standard InChI is InChI=1S/C14H20N4O/c1-9(11-5-7-12(19-4)8-6-11)16-14-13(15)10(2)17-18(14)3/h5-9,16H,15H2,1-4H3. The minimum Gasteiger partial charge on any atom is -0.497 e. The fourth-order valence-electron chi connectivity index (χ4n) is 2.03. The third kappa shape index (κ3) is 2.65. The number of methoxy groups -OCH3 is 1. The van der Waals surface area contributed by atoms with Crippen LogP contribution in [0.2, 0.25) is 0 Å². The number of nitrogen functional groups attached to an aromatic ring is 1. The van der Waals surface area contributed by atoms with Gasteiger partial charge in [0.2, 0.25) is 0 Å². The lowest BCUT2D eigenvalue weighted by atomic mass is 10.1. The number of hydrogen-bond donors (Lipinski definition) is 2. The summed E-state index contributed by atoms with van der Waals surface area (Å²) in [4.78, 5) is 0. The number of aryl methyl sites for hydroxylation is 2. The van der Waals surface area contributed by atoms with E-state index in [1.807, 2.05) is 38.2 Å². The molecule has 0 bridgehead atoms. The molecule has 19 heavy (non-hydrogen) atoms. The molecule has 0 amide bonds. The second kappa shape index (κ2) is 5.22. The van der Waals surface area contributed by atoms with Crippen molar-refractivity contribution >= 4 is 11.5 Å². The van der Waals surface area contributed by atoms with E-state index in [9.17, 15) is 0 Å². The van der Waals surface area contributed by atoms with Crippen LogP contribution in [0.1, 0.15) is 24.2 Å². The second-order valence-electron chi connectivity index (χ2n) is 4.61. The fraction of sp³-hybridized carbons (Fsp3) is 0.357. The maximum Gasteiger partial charge on any atom is 0.148 e. The summed E-state index contributed by atoms with van der Waals surface area (Å²) >= 11 is 0. The molecule has 0 saturated heterocycles. The summed E-state index contributed by atoms with van der Waals surface area (Å²) in [5.74, 6) is 1.70. The number of nitrogens with two attached hydrogens (primary N) is 1. The van der Waals surface area contributed by atoms with Gasteiger partial charge in [-0.25, -0.2) is 0 Å². The Hall–Kier alpha value is -2.17. The summed E-state index contributed by atoms with van der Waals surface area (Å²) in [5.41, 5.74) is 8.71. The van der Waals surface area contributed by atoms with Crippen molar-refractivity contribution in [2.24, 2.45) is 7.05 Å². The smallest absolute Gasteiger partial charge is 0.148 e. The number of hydrogen-bond acceptors (Lipinski definition) is 4. The molecule has 0 spiro atoms. The van der Waals surface area contributed by atoms with Crippen LogP contribution in [0.4, 0.5) is 11.5 Å². The maximum absolute atomic E-state index is 6.01. The highest BCUT2D eigenvalue weighted by Crippen LogP contribution is 2.26. The zero-order valence-electron chi connectivity index (χ0n) is 11.8. The Kier molecular flexibility index (Phi) is 3.64. The summed E-state index contributed by atoms with van der Waals surface area (Å²) < 4.78 is 6.92. The lowest BCUT2D eigenvalue weighted by Crippen LogP contribution is -2.11. The Bertz CT molecular complexity index is 560. The molecule has 0 aliphatic heterocycles. The van der Waals surface area contributed by atoms with Crippen molar-refractivity contribution < 1.29 is 4.74 Å². The molecule has 5 heteroatoms. The maximum atomic E-state index is 6.01. The summed E-state index contributed by atoms with van der Waals surface area (Å²) in [6, 6.07) is 8.12. The van der Waals surface area contributed by atoms with Crippen molar-refractivity contribution in [3.63, 3.8) is 0 Å². The second-order valence-corrected chi connectivity index (χ2v) is 4.61. The molecule has 0 saturated carbocycles. The number of nitrogens with one attached hydrogen (secondary N) is 1. The highest BCUT2D eigenvalue weighted by Gasteiger charge is 2.13. The molecule has 5 nitrogen and oxygen atoms in total. The van der Waals surface area contributed by atoms with Gasteiger partial charge in [0.15, 0.2) is 0 Å². The summed E-state index contributed by atoms with van der Waals surface area (Å²) in [5, 5.41) is 7.68. The number of benzene rings is 1. The number of aromatic nitrogens is 2. The zero-order valence-corrected chi connectivity index (χ0v) is 11.8. The van der Waals surface area contributed by atoms with E-state index in [0.717, 1.165) is 17.3 Å². The number of rotatable bonds is 4. The molecule has 0 aliphatic carbocycles. The minimum atomic E-state index is 0.142. The summed E-state index contributed by atoms with van der Waals surface area (Å²) in [6.07, 6.45) is 0. The summed E-state index contributed by atoms with van der Waals surface area (Å²) in [7, 11) is 3.54. The lowest BCUT2D eigenvalue weighted by Gasteiger charge is -2.16. The van der Waals surface area contributed by atoms with Crippen LogP contribution in [-0.2, 0) is 7.05 Å². The van der Waals surface area contributed by atoms with Crippen molar-refractivity contribution in [1.82, 2.24) is 9.78 Å². The quantitative estimate of drug-likeness (QED) is 0.886. The third-order valence-electron chi connectivity index (χ3n) is 3.24. The van der Waals surface area contributed by atoms with Gasteiger partial charge in [-0.05, 0) is 31.5 Å².